The molecule has 2 rings (SSSR count). The lowest BCUT2D eigenvalue weighted by Crippen LogP contribution is -1.88. The quantitative estimate of drug-likeness (QED) is 0.467. The minimum Gasteiger partial charge on any atom is -0.505 e. The maximum absolute atomic E-state index is 10.8. The van der Waals surface area contributed by atoms with Gasteiger partial charge in [0.1, 0.15) is 27.9 Å². The number of aryl methyl sites for hydroxylation is 2. The lowest BCUT2D eigenvalue weighted by Gasteiger charge is -2.09. The molecule has 0 aliphatic heterocycles. The number of azo groups is 1. The van der Waals surface area contributed by atoms with Gasteiger partial charge in [-0.1, -0.05) is 17.7 Å². The van der Waals surface area contributed by atoms with Gasteiger partial charge in [0.2, 0.25) is 0 Å². The zero-order chi connectivity index (χ0) is 17.3. The summed E-state index contributed by atoms with van der Waals surface area (Å²) >= 11 is 5.79. The molecule has 2 N–H and O–H groups in total. The van der Waals surface area contributed by atoms with Crippen LogP contribution in [0.3, 0.4) is 0 Å². The standard InChI is InChI=1S/C15H14ClN3O4/c1-7-4-8(2)15(21)14(9(7)3)18-17-11-5-10(16)12(19(22)23)6-13(11)20/h4-6,20-21H,1-3H3. The summed E-state index contributed by atoms with van der Waals surface area (Å²) in [5.41, 5.74) is 2.14. The van der Waals surface area contributed by atoms with Crippen LogP contribution in [0, 0.1) is 30.9 Å². The van der Waals surface area contributed by atoms with E-state index in [0.717, 1.165) is 23.3 Å². The van der Waals surface area contributed by atoms with Crippen LogP contribution in [0.4, 0.5) is 17.1 Å². The van der Waals surface area contributed by atoms with E-state index >= 15 is 0 Å². The predicted octanol–water partition coefficient (Wildman–Crippen LogP) is 5.00. The lowest BCUT2D eigenvalue weighted by molar-refractivity contribution is -0.384. The Balaban J connectivity index is 2.50. The Kier molecular flexibility index (Phi) is 4.51. The van der Waals surface area contributed by atoms with Crippen LogP contribution in [0.2, 0.25) is 5.02 Å². The Hall–Kier alpha value is -2.67. The average molecular weight is 336 g/mol. The first-order valence-electron chi connectivity index (χ1n) is 6.60. The van der Waals surface area contributed by atoms with Crippen molar-refractivity contribution in [1.29, 1.82) is 0 Å². The SMILES string of the molecule is Cc1cc(C)c(O)c(N=Nc2cc(Cl)c([N+](=O)[O-])cc2O)c1C. The molecule has 0 bridgehead atoms. The summed E-state index contributed by atoms with van der Waals surface area (Å²) in [6.07, 6.45) is 0. The zero-order valence-electron chi connectivity index (χ0n) is 12.7. The van der Waals surface area contributed by atoms with E-state index < -0.39 is 16.4 Å². The third-order valence-corrected chi connectivity index (χ3v) is 3.78. The molecule has 0 fully saturated rings. The summed E-state index contributed by atoms with van der Waals surface area (Å²) in [5, 5.41) is 38.3. The predicted molar refractivity (Wildman–Crippen MR) is 86.3 cm³/mol. The Labute approximate surface area is 137 Å². The summed E-state index contributed by atoms with van der Waals surface area (Å²) < 4.78 is 0. The van der Waals surface area contributed by atoms with Gasteiger partial charge in [0, 0.05) is 0 Å². The molecular formula is C15H14ClN3O4. The summed E-state index contributed by atoms with van der Waals surface area (Å²) in [7, 11) is 0. The number of nitrogens with zero attached hydrogens (tertiary/aromatic N) is 3. The van der Waals surface area contributed by atoms with Crippen LogP contribution >= 0.6 is 11.6 Å². The fourth-order valence-corrected chi connectivity index (χ4v) is 2.27. The molecule has 0 atom stereocenters. The van der Waals surface area contributed by atoms with Crippen LogP contribution in [0.15, 0.2) is 28.4 Å². The second kappa shape index (κ2) is 6.21. The number of phenols is 2. The van der Waals surface area contributed by atoms with Crippen molar-refractivity contribution in [2.24, 2.45) is 10.2 Å². The molecular weight excluding hydrogens is 322 g/mol. The van der Waals surface area contributed by atoms with Gasteiger partial charge in [-0.3, -0.25) is 10.1 Å². The van der Waals surface area contributed by atoms with E-state index in [0.29, 0.717) is 5.56 Å². The number of rotatable bonds is 3. The molecule has 0 amide bonds. The van der Waals surface area contributed by atoms with Crippen LogP contribution < -0.4 is 0 Å². The summed E-state index contributed by atoms with van der Waals surface area (Å²) in [6.45, 7) is 5.40. The molecule has 0 saturated carbocycles. The van der Waals surface area contributed by atoms with Crippen LogP contribution in [0.5, 0.6) is 11.5 Å². The van der Waals surface area contributed by atoms with Gasteiger partial charge in [0.05, 0.1) is 11.0 Å². The Morgan fingerprint density at radius 1 is 1.09 bits per heavy atom. The van der Waals surface area contributed by atoms with E-state index in [9.17, 15) is 20.3 Å². The molecule has 0 unspecified atom stereocenters. The average Bonchev–Trinajstić information content (AvgIpc) is 2.47. The maximum atomic E-state index is 10.8. The van der Waals surface area contributed by atoms with Gasteiger partial charge in [0.25, 0.3) is 5.69 Å². The van der Waals surface area contributed by atoms with Crippen LogP contribution in [0.1, 0.15) is 16.7 Å². The molecule has 0 spiro atoms. The van der Waals surface area contributed by atoms with Gasteiger partial charge in [-0.25, -0.2) is 0 Å². The molecule has 23 heavy (non-hydrogen) atoms. The second-order valence-electron chi connectivity index (χ2n) is 5.08. The smallest absolute Gasteiger partial charge is 0.291 e. The first kappa shape index (κ1) is 16.7. The Morgan fingerprint density at radius 3 is 2.35 bits per heavy atom. The Bertz CT molecular complexity index is 808. The molecule has 7 nitrogen and oxygen atoms in total. The highest BCUT2D eigenvalue weighted by atomic mass is 35.5. The number of hydrogen-bond donors (Lipinski definition) is 2. The third kappa shape index (κ3) is 3.24. The fourth-order valence-electron chi connectivity index (χ4n) is 2.04. The third-order valence-electron chi connectivity index (χ3n) is 3.48. The second-order valence-corrected chi connectivity index (χ2v) is 5.49. The van der Waals surface area contributed by atoms with Crippen molar-refractivity contribution in [2.45, 2.75) is 20.8 Å². The normalized spacial score (nSPS) is 11.1. The minimum absolute atomic E-state index is 0.00986. The van der Waals surface area contributed by atoms with Crippen molar-refractivity contribution in [3.63, 3.8) is 0 Å². The van der Waals surface area contributed by atoms with Crippen LogP contribution in [-0.2, 0) is 0 Å². The minimum atomic E-state index is -0.705. The number of hydrogen-bond acceptors (Lipinski definition) is 6. The number of aromatic hydroxyl groups is 2. The molecule has 0 saturated heterocycles. The molecule has 8 heteroatoms. The van der Waals surface area contributed by atoms with E-state index in [-0.39, 0.29) is 22.1 Å². The number of halogens is 1. The van der Waals surface area contributed by atoms with Gasteiger partial charge in [-0.15, -0.1) is 10.2 Å². The Morgan fingerprint density at radius 2 is 1.74 bits per heavy atom. The first-order chi connectivity index (χ1) is 10.7. The van der Waals surface area contributed by atoms with Crippen LogP contribution in [-0.4, -0.2) is 15.1 Å². The molecule has 0 aliphatic rings. The van der Waals surface area contributed by atoms with Crippen LogP contribution in [0.25, 0.3) is 0 Å². The highest BCUT2D eigenvalue weighted by Crippen LogP contribution is 2.40. The molecule has 0 radical (unpaired) electrons. The molecule has 0 aliphatic carbocycles. The molecule has 0 heterocycles. The number of phenolic OH excluding ortho intramolecular Hbond substituents is 2. The first-order valence-corrected chi connectivity index (χ1v) is 6.98. The van der Waals surface area contributed by atoms with Gasteiger partial charge in [-0.2, -0.15) is 0 Å². The van der Waals surface area contributed by atoms with Crippen molar-refractivity contribution in [1.82, 2.24) is 0 Å². The van der Waals surface area contributed by atoms with Gasteiger partial charge >= 0.3 is 0 Å². The zero-order valence-corrected chi connectivity index (χ0v) is 13.4. The van der Waals surface area contributed by atoms with E-state index in [2.05, 4.69) is 10.2 Å². The summed E-state index contributed by atoms with van der Waals surface area (Å²) in [5.74, 6) is -0.435. The topological polar surface area (TPSA) is 108 Å². The summed E-state index contributed by atoms with van der Waals surface area (Å²) in [4.78, 5) is 10.0. The van der Waals surface area contributed by atoms with Crippen molar-refractivity contribution >= 4 is 28.7 Å². The number of nitro benzene ring substituents is 1. The van der Waals surface area contributed by atoms with Gasteiger partial charge in [0.15, 0.2) is 0 Å². The fraction of sp³-hybridized carbons (Fsp3) is 0.200. The van der Waals surface area contributed by atoms with E-state index in [1.54, 1.807) is 13.8 Å². The highest BCUT2D eigenvalue weighted by Gasteiger charge is 2.17. The van der Waals surface area contributed by atoms with E-state index in [1.165, 1.54) is 0 Å². The van der Waals surface area contributed by atoms with E-state index in [1.807, 2.05) is 13.0 Å². The van der Waals surface area contributed by atoms with E-state index in [4.69, 9.17) is 11.6 Å². The maximum Gasteiger partial charge on any atom is 0.291 e. The van der Waals surface area contributed by atoms with Crippen molar-refractivity contribution in [3.8, 4) is 11.5 Å². The molecule has 0 aromatic heterocycles. The van der Waals surface area contributed by atoms with Crippen molar-refractivity contribution in [3.05, 3.63) is 50.0 Å². The van der Waals surface area contributed by atoms with Crippen molar-refractivity contribution < 1.29 is 15.1 Å². The molecule has 120 valence electrons. The monoisotopic (exact) mass is 335 g/mol. The van der Waals surface area contributed by atoms with Gasteiger partial charge in [-0.05, 0) is 43.5 Å². The number of nitro groups is 1. The van der Waals surface area contributed by atoms with Crippen molar-refractivity contribution in [2.75, 3.05) is 0 Å². The lowest BCUT2D eigenvalue weighted by atomic mass is 10.0. The number of benzene rings is 2. The highest BCUT2D eigenvalue weighted by molar-refractivity contribution is 6.33. The van der Waals surface area contributed by atoms with Gasteiger partial charge < -0.3 is 10.2 Å². The largest absolute Gasteiger partial charge is 0.505 e. The molecule has 2 aromatic rings. The summed E-state index contributed by atoms with van der Waals surface area (Å²) in [6, 6.07) is 3.88. The molecule has 2 aromatic carbocycles.